The molecule has 1 amide bonds. The number of carbonyl (C=O) groups excluding carboxylic acids is 1. The van der Waals surface area contributed by atoms with Gasteiger partial charge in [-0.3, -0.25) is 9.89 Å². The molecule has 0 spiro atoms. The van der Waals surface area contributed by atoms with Gasteiger partial charge in [0.15, 0.2) is 5.82 Å². The number of halogens is 2. The van der Waals surface area contributed by atoms with Crippen LogP contribution in [0.3, 0.4) is 0 Å². The predicted octanol–water partition coefficient (Wildman–Crippen LogP) is 2.86. The maximum Gasteiger partial charge on any atom is 0.258 e. The highest BCUT2D eigenvalue weighted by atomic mass is 35.5. The van der Waals surface area contributed by atoms with Crippen LogP contribution < -0.4 is 11.1 Å². The third-order valence-corrected chi connectivity index (χ3v) is 3.24. The number of nitrogens with two attached hydrogens (primary N) is 1. The van der Waals surface area contributed by atoms with Crippen LogP contribution in [0.25, 0.3) is 0 Å². The van der Waals surface area contributed by atoms with Gasteiger partial charge in [0.1, 0.15) is 0 Å². The van der Waals surface area contributed by atoms with Gasteiger partial charge in [-0.2, -0.15) is 5.10 Å². The standard InChI is InChI=1S/C11H10Cl2N4O/c1-5-9(14)10(17-16-5)15-11(18)6-3-2-4-7(12)8(6)13/h2-4H,14H2,1H3,(H2,15,16,17,18). The Morgan fingerprint density at radius 2 is 2.17 bits per heavy atom. The second-order valence-electron chi connectivity index (χ2n) is 3.67. The molecule has 2 aromatic rings. The second-order valence-corrected chi connectivity index (χ2v) is 4.45. The molecule has 0 unspecified atom stereocenters. The number of aromatic amines is 1. The molecule has 2 rings (SSSR count). The zero-order valence-electron chi connectivity index (χ0n) is 9.42. The van der Waals surface area contributed by atoms with Crippen LogP contribution in [0, 0.1) is 6.92 Å². The normalized spacial score (nSPS) is 10.4. The molecule has 0 atom stereocenters. The Bertz CT molecular complexity index is 609. The number of aryl methyl sites for hydroxylation is 1. The first kappa shape index (κ1) is 12.7. The van der Waals surface area contributed by atoms with E-state index in [1.807, 2.05) is 0 Å². The number of rotatable bonds is 2. The number of amides is 1. The maximum atomic E-state index is 12.0. The van der Waals surface area contributed by atoms with Crippen molar-refractivity contribution in [2.45, 2.75) is 6.92 Å². The highest BCUT2D eigenvalue weighted by Gasteiger charge is 2.15. The van der Waals surface area contributed by atoms with Gasteiger partial charge < -0.3 is 11.1 Å². The Labute approximate surface area is 113 Å². The monoisotopic (exact) mass is 284 g/mol. The number of anilines is 2. The Kier molecular flexibility index (Phi) is 3.45. The molecule has 1 aromatic carbocycles. The van der Waals surface area contributed by atoms with Crippen LogP contribution in [-0.2, 0) is 0 Å². The Morgan fingerprint density at radius 3 is 2.78 bits per heavy atom. The second kappa shape index (κ2) is 4.88. The Hall–Kier alpha value is -1.72. The van der Waals surface area contributed by atoms with Gasteiger partial charge in [-0.15, -0.1) is 0 Å². The van der Waals surface area contributed by atoms with Crippen LogP contribution in [0.2, 0.25) is 10.0 Å². The molecule has 0 aliphatic rings. The van der Waals surface area contributed by atoms with E-state index in [1.54, 1.807) is 25.1 Å². The highest BCUT2D eigenvalue weighted by molar-refractivity contribution is 6.44. The van der Waals surface area contributed by atoms with Gasteiger partial charge in [0.05, 0.1) is 27.0 Å². The molecule has 0 aliphatic heterocycles. The van der Waals surface area contributed by atoms with E-state index < -0.39 is 5.91 Å². The van der Waals surface area contributed by atoms with Crippen molar-refractivity contribution in [1.29, 1.82) is 0 Å². The molecule has 18 heavy (non-hydrogen) atoms. The lowest BCUT2D eigenvalue weighted by molar-refractivity contribution is 0.102. The number of H-pyrrole nitrogens is 1. The van der Waals surface area contributed by atoms with Crippen molar-refractivity contribution in [1.82, 2.24) is 10.2 Å². The lowest BCUT2D eigenvalue weighted by Gasteiger charge is -2.06. The van der Waals surface area contributed by atoms with E-state index in [1.165, 1.54) is 0 Å². The van der Waals surface area contributed by atoms with Crippen LogP contribution in [0.5, 0.6) is 0 Å². The van der Waals surface area contributed by atoms with E-state index in [-0.39, 0.29) is 16.4 Å². The molecular weight excluding hydrogens is 275 g/mol. The zero-order valence-corrected chi connectivity index (χ0v) is 10.9. The number of nitrogens with zero attached hydrogens (tertiary/aromatic N) is 1. The largest absolute Gasteiger partial charge is 0.394 e. The van der Waals surface area contributed by atoms with E-state index in [0.29, 0.717) is 16.4 Å². The van der Waals surface area contributed by atoms with E-state index in [9.17, 15) is 4.79 Å². The van der Waals surface area contributed by atoms with Gasteiger partial charge in [-0.1, -0.05) is 29.3 Å². The molecule has 0 bridgehead atoms. The third-order valence-electron chi connectivity index (χ3n) is 2.42. The van der Waals surface area contributed by atoms with Crippen molar-refractivity contribution in [2.24, 2.45) is 0 Å². The molecule has 0 fully saturated rings. The first-order valence-corrected chi connectivity index (χ1v) is 5.82. The molecule has 0 aliphatic carbocycles. The average molecular weight is 285 g/mol. The maximum absolute atomic E-state index is 12.0. The topological polar surface area (TPSA) is 83.8 Å². The smallest absolute Gasteiger partial charge is 0.258 e. The number of nitrogens with one attached hydrogen (secondary N) is 2. The fourth-order valence-electron chi connectivity index (χ4n) is 1.39. The quantitative estimate of drug-likeness (QED) is 0.793. The van der Waals surface area contributed by atoms with Crippen LogP contribution in [0.4, 0.5) is 11.5 Å². The SMILES string of the molecule is Cc1[nH]nc(NC(=O)c2cccc(Cl)c2Cl)c1N. The van der Waals surface area contributed by atoms with E-state index in [0.717, 1.165) is 0 Å². The molecule has 0 saturated heterocycles. The lowest BCUT2D eigenvalue weighted by Crippen LogP contribution is -2.14. The van der Waals surface area contributed by atoms with Crippen molar-refractivity contribution in [3.05, 3.63) is 39.5 Å². The number of hydrogen-bond acceptors (Lipinski definition) is 3. The average Bonchev–Trinajstić information content (AvgIpc) is 2.64. The first-order valence-electron chi connectivity index (χ1n) is 5.06. The van der Waals surface area contributed by atoms with Gasteiger partial charge in [0.25, 0.3) is 5.91 Å². The summed E-state index contributed by atoms with van der Waals surface area (Å²) in [5, 5.41) is 9.62. The van der Waals surface area contributed by atoms with E-state index in [4.69, 9.17) is 28.9 Å². The number of nitrogen functional groups attached to an aromatic ring is 1. The van der Waals surface area contributed by atoms with Crippen molar-refractivity contribution in [2.75, 3.05) is 11.1 Å². The minimum atomic E-state index is -0.416. The molecule has 0 radical (unpaired) electrons. The van der Waals surface area contributed by atoms with Gasteiger partial charge in [-0.05, 0) is 19.1 Å². The summed E-state index contributed by atoms with van der Waals surface area (Å²) in [5.41, 5.74) is 7.07. The fourth-order valence-corrected chi connectivity index (χ4v) is 1.77. The molecule has 94 valence electrons. The van der Waals surface area contributed by atoms with E-state index in [2.05, 4.69) is 15.5 Å². The number of benzene rings is 1. The van der Waals surface area contributed by atoms with Crippen LogP contribution in [0.1, 0.15) is 16.1 Å². The van der Waals surface area contributed by atoms with E-state index >= 15 is 0 Å². The summed E-state index contributed by atoms with van der Waals surface area (Å²) >= 11 is 11.8. The molecule has 5 nitrogen and oxygen atoms in total. The van der Waals surface area contributed by atoms with Crippen molar-refractivity contribution < 1.29 is 4.79 Å². The molecule has 1 aromatic heterocycles. The third kappa shape index (κ3) is 2.27. The van der Waals surface area contributed by atoms with Crippen LogP contribution in [0.15, 0.2) is 18.2 Å². The molecule has 7 heteroatoms. The predicted molar refractivity (Wildman–Crippen MR) is 72.2 cm³/mol. The summed E-state index contributed by atoms with van der Waals surface area (Å²) in [6, 6.07) is 4.81. The van der Waals surface area contributed by atoms with Crippen molar-refractivity contribution in [3.8, 4) is 0 Å². The zero-order chi connectivity index (χ0) is 13.3. The van der Waals surface area contributed by atoms with Gasteiger partial charge >= 0.3 is 0 Å². The fraction of sp³-hybridized carbons (Fsp3) is 0.0909. The Balaban J connectivity index is 2.28. The minimum absolute atomic E-state index is 0.197. The minimum Gasteiger partial charge on any atom is -0.394 e. The van der Waals surface area contributed by atoms with Crippen LogP contribution in [-0.4, -0.2) is 16.1 Å². The summed E-state index contributed by atoms with van der Waals surface area (Å²) < 4.78 is 0. The summed E-state index contributed by atoms with van der Waals surface area (Å²) in [6.07, 6.45) is 0. The summed E-state index contributed by atoms with van der Waals surface area (Å²) in [7, 11) is 0. The van der Waals surface area contributed by atoms with Gasteiger partial charge in [0.2, 0.25) is 0 Å². The Morgan fingerprint density at radius 1 is 1.44 bits per heavy atom. The molecular formula is C11H10Cl2N4O. The molecule has 0 saturated carbocycles. The number of hydrogen-bond donors (Lipinski definition) is 3. The molecule has 1 heterocycles. The van der Waals surface area contributed by atoms with Crippen LogP contribution >= 0.6 is 23.2 Å². The van der Waals surface area contributed by atoms with Crippen molar-refractivity contribution in [3.63, 3.8) is 0 Å². The lowest BCUT2D eigenvalue weighted by atomic mass is 10.2. The summed E-state index contributed by atoms with van der Waals surface area (Å²) in [5.74, 6) is -0.144. The molecule has 4 N–H and O–H groups in total. The summed E-state index contributed by atoms with van der Waals surface area (Å²) in [4.78, 5) is 12.0. The number of aromatic nitrogens is 2. The summed E-state index contributed by atoms with van der Waals surface area (Å²) in [6.45, 7) is 1.75. The van der Waals surface area contributed by atoms with Gasteiger partial charge in [0, 0.05) is 0 Å². The number of carbonyl (C=O) groups is 1. The highest BCUT2D eigenvalue weighted by Crippen LogP contribution is 2.27. The first-order chi connectivity index (χ1) is 8.50. The van der Waals surface area contributed by atoms with Crippen molar-refractivity contribution >= 4 is 40.6 Å². The van der Waals surface area contributed by atoms with Gasteiger partial charge in [-0.25, -0.2) is 0 Å².